The monoisotopic (exact) mass is 261 g/mol. The molecule has 1 aromatic rings. The zero-order valence-electron chi connectivity index (χ0n) is 10.5. The molecule has 102 valence electrons. The zero-order chi connectivity index (χ0) is 13.5. The summed E-state index contributed by atoms with van der Waals surface area (Å²) >= 11 is 0. The minimum absolute atomic E-state index is 0.236. The van der Waals surface area contributed by atoms with Crippen molar-refractivity contribution in [3.8, 4) is 0 Å². The maximum absolute atomic E-state index is 12.6. The summed E-state index contributed by atoms with van der Waals surface area (Å²) in [7, 11) is 1.32. The molecule has 0 aliphatic rings. The highest BCUT2D eigenvalue weighted by Crippen LogP contribution is 2.14. The van der Waals surface area contributed by atoms with Crippen molar-refractivity contribution in [2.24, 2.45) is 0 Å². The molecule has 18 heavy (non-hydrogen) atoms. The van der Waals surface area contributed by atoms with E-state index in [4.69, 9.17) is 0 Å². The fourth-order valence-corrected chi connectivity index (χ4v) is 1.54. The van der Waals surface area contributed by atoms with Gasteiger partial charge in [0.2, 0.25) is 0 Å². The number of esters is 1. The third kappa shape index (κ3) is 4.06. The second-order valence-corrected chi connectivity index (χ2v) is 3.72. The first-order valence-electron chi connectivity index (χ1n) is 5.67. The predicted molar refractivity (Wildman–Crippen MR) is 61.1 cm³/mol. The lowest BCUT2D eigenvalue weighted by Gasteiger charge is -2.19. The summed E-state index contributed by atoms with van der Waals surface area (Å²) in [5, 5.41) is 0. The van der Waals surface area contributed by atoms with Crippen LogP contribution in [0.4, 0.5) is 8.78 Å². The van der Waals surface area contributed by atoms with Crippen LogP contribution in [-0.2, 0) is 16.1 Å². The van der Waals surface area contributed by atoms with Gasteiger partial charge in [-0.05, 0) is 6.54 Å². The van der Waals surface area contributed by atoms with E-state index < -0.39 is 6.55 Å². The maximum Gasteiger partial charge on any atom is 0.319 e. The van der Waals surface area contributed by atoms with Crippen LogP contribution in [0.15, 0.2) is 12.4 Å². The normalized spacial score (nSPS) is 11.2. The third-order valence-corrected chi connectivity index (χ3v) is 2.63. The maximum atomic E-state index is 12.6. The topological polar surface area (TPSA) is 47.4 Å². The van der Waals surface area contributed by atoms with Gasteiger partial charge in [-0.2, -0.15) is 8.78 Å². The number of methoxy groups -OCH3 is 1. The minimum atomic E-state index is -2.60. The number of imidazole rings is 1. The van der Waals surface area contributed by atoms with E-state index in [1.54, 1.807) is 0 Å². The van der Waals surface area contributed by atoms with Crippen LogP contribution in [0.25, 0.3) is 0 Å². The highest BCUT2D eigenvalue weighted by Gasteiger charge is 2.14. The molecule has 0 atom stereocenters. The van der Waals surface area contributed by atoms with E-state index in [9.17, 15) is 13.6 Å². The Morgan fingerprint density at radius 2 is 2.33 bits per heavy atom. The van der Waals surface area contributed by atoms with Crippen molar-refractivity contribution in [1.29, 1.82) is 0 Å². The number of aromatic nitrogens is 2. The molecule has 1 aromatic heterocycles. The van der Waals surface area contributed by atoms with Crippen LogP contribution in [0.2, 0.25) is 0 Å². The molecule has 0 bridgehead atoms. The molecule has 7 heteroatoms. The Kier molecular flexibility index (Phi) is 5.70. The summed E-state index contributed by atoms with van der Waals surface area (Å²) in [6, 6.07) is 0. The first-order valence-corrected chi connectivity index (χ1v) is 5.67. The van der Waals surface area contributed by atoms with E-state index >= 15 is 0 Å². The molecule has 0 aromatic carbocycles. The Morgan fingerprint density at radius 3 is 2.89 bits per heavy atom. The van der Waals surface area contributed by atoms with E-state index in [1.807, 2.05) is 11.8 Å². The van der Waals surface area contributed by atoms with Crippen LogP contribution >= 0.6 is 0 Å². The molecule has 0 N–H and O–H groups in total. The lowest BCUT2D eigenvalue weighted by atomic mass is 10.3. The number of alkyl halides is 2. The van der Waals surface area contributed by atoms with Crippen molar-refractivity contribution in [1.82, 2.24) is 14.5 Å². The highest BCUT2D eigenvalue weighted by molar-refractivity contribution is 5.69. The zero-order valence-corrected chi connectivity index (χ0v) is 10.5. The Balaban J connectivity index is 2.57. The standard InChI is InChI=1S/C11H17F2N3O2/c1-3-15(6-4-10(17)18-2)8-9-14-5-7-16(9)11(12)13/h5,7,11H,3-4,6,8H2,1-2H3. The molecule has 0 saturated heterocycles. The van der Waals surface area contributed by atoms with Gasteiger partial charge in [0.25, 0.3) is 0 Å². The van der Waals surface area contributed by atoms with E-state index in [-0.39, 0.29) is 24.8 Å². The summed E-state index contributed by atoms with van der Waals surface area (Å²) in [5.41, 5.74) is 0. The molecule has 0 saturated carbocycles. The van der Waals surface area contributed by atoms with Crippen molar-refractivity contribution in [3.63, 3.8) is 0 Å². The van der Waals surface area contributed by atoms with Crippen molar-refractivity contribution in [2.45, 2.75) is 26.4 Å². The third-order valence-electron chi connectivity index (χ3n) is 2.63. The van der Waals surface area contributed by atoms with Crippen LogP contribution in [-0.4, -0.2) is 40.6 Å². The van der Waals surface area contributed by atoms with Gasteiger partial charge in [0.1, 0.15) is 5.82 Å². The number of hydrogen-bond donors (Lipinski definition) is 0. The van der Waals surface area contributed by atoms with Gasteiger partial charge in [0.05, 0.1) is 20.1 Å². The second kappa shape index (κ2) is 7.05. The largest absolute Gasteiger partial charge is 0.469 e. The molecule has 1 heterocycles. The number of nitrogens with zero attached hydrogens (tertiary/aromatic N) is 3. The quantitative estimate of drug-likeness (QED) is 0.700. The highest BCUT2D eigenvalue weighted by atomic mass is 19.3. The van der Waals surface area contributed by atoms with Crippen LogP contribution in [0, 0.1) is 0 Å². The summed E-state index contributed by atoms with van der Waals surface area (Å²) < 4.78 is 30.6. The minimum Gasteiger partial charge on any atom is -0.469 e. The fraction of sp³-hybridized carbons (Fsp3) is 0.636. The SMILES string of the molecule is CCN(CCC(=O)OC)Cc1nccn1C(F)F. The number of halogens is 2. The lowest BCUT2D eigenvalue weighted by Crippen LogP contribution is -2.27. The first-order chi connectivity index (χ1) is 8.58. The number of hydrogen-bond acceptors (Lipinski definition) is 4. The Labute approximate surface area is 104 Å². The van der Waals surface area contributed by atoms with E-state index in [0.29, 0.717) is 13.1 Å². The number of ether oxygens (including phenoxy) is 1. The van der Waals surface area contributed by atoms with E-state index in [2.05, 4.69) is 9.72 Å². The molecule has 0 radical (unpaired) electrons. The summed E-state index contributed by atoms with van der Waals surface area (Å²) in [4.78, 5) is 16.8. The Hall–Kier alpha value is -1.50. The molecule has 0 aliphatic heterocycles. The van der Waals surface area contributed by atoms with Gasteiger partial charge in [-0.25, -0.2) is 4.98 Å². The Morgan fingerprint density at radius 1 is 1.61 bits per heavy atom. The fourth-order valence-electron chi connectivity index (χ4n) is 1.54. The molecule has 0 aliphatic carbocycles. The van der Waals surface area contributed by atoms with Gasteiger partial charge in [-0.15, -0.1) is 0 Å². The molecular formula is C11H17F2N3O2. The molecule has 0 amide bonds. The number of carbonyl (C=O) groups is 1. The second-order valence-electron chi connectivity index (χ2n) is 3.72. The predicted octanol–water partition coefficient (Wildman–Crippen LogP) is 1.66. The van der Waals surface area contributed by atoms with Gasteiger partial charge in [-0.3, -0.25) is 14.3 Å². The van der Waals surface area contributed by atoms with E-state index in [0.717, 1.165) is 4.57 Å². The molecular weight excluding hydrogens is 244 g/mol. The molecule has 0 spiro atoms. The Bertz CT molecular complexity index is 382. The molecule has 0 unspecified atom stereocenters. The van der Waals surface area contributed by atoms with Gasteiger partial charge < -0.3 is 4.74 Å². The summed E-state index contributed by atoms with van der Waals surface area (Å²) in [5.74, 6) is -0.0256. The van der Waals surface area contributed by atoms with Crippen molar-refractivity contribution < 1.29 is 18.3 Å². The first kappa shape index (κ1) is 14.6. The number of carbonyl (C=O) groups excluding carboxylic acids is 1. The number of rotatable bonds is 7. The summed E-state index contributed by atoms with van der Waals surface area (Å²) in [6.07, 6.45) is 2.82. The molecule has 0 fully saturated rings. The molecule has 1 rings (SSSR count). The average Bonchev–Trinajstić information content (AvgIpc) is 2.82. The van der Waals surface area contributed by atoms with Crippen LogP contribution < -0.4 is 0 Å². The lowest BCUT2D eigenvalue weighted by molar-refractivity contribution is -0.141. The van der Waals surface area contributed by atoms with Crippen LogP contribution in [0.1, 0.15) is 25.7 Å². The van der Waals surface area contributed by atoms with Crippen molar-refractivity contribution in [2.75, 3.05) is 20.2 Å². The van der Waals surface area contributed by atoms with Gasteiger partial charge in [0.15, 0.2) is 0 Å². The van der Waals surface area contributed by atoms with Gasteiger partial charge in [-0.1, -0.05) is 6.92 Å². The van der Waals surface area contributed by atoms with E-state index in [1.165, 1.54) is 19.5 Å². The van der Waals surface area contributed by atoms with Gasteiger partial charge >= 0.3 is 12.5 Å². The van der Waals surface area contributed by atoms with Crippen molar-refractivity contribution in [3.05, 3.63) is 18.2 Å². The average molecular weight is 261 g/mol. The smallest absolute Gasteiger partial charge is 0.319 e. The van der Waals surface area contributed by atoms with Crippen molar-refractivity contribution >= 4 is 5.97 Å². The van der Waals surface area contributed by atoms with Gasteiger partial charge in [0, 0.05) is 18.9 Å². The van der Waals surface area contributed by atoms with Crippen LogP contribution in [0.5, 0.6) is 0 Å². The molecule has 5 nitrogen and oxygen atoms in total. The summed E-state index contributed by atoms with van der Waals surface area (Å²) in [6.45, 7) is 0.686. The van der Waals surface area contributed by atoms with Crippen LogP contribution in [0.3, 0.4) is 0 Å².